The molecular weight excluding hydrogens is 294 g/mol. The Morgan fingerprint density at radius 1 is 1.05 bits per heavy atom. The van der Waals surface area contributed by atoms with Crippen molar-refractivity contribution in [1.82, 2.24) is 0 Å². The Morgan fingerprint density at radius 2 is 1.64 bits per heavy atom. The molecule has 0 spiro atoms. The molecule has 2 rings (SSSR count). The Labute approximate surface area is 137 Å². The van der Waals surface area contributed by atoms with Crippen molar-refractivity contribution < 1.29 is 4.79 Å². The molecule has 0 radical (unpaired) electrons. The zero-order chi connectivity index (χ0) is 16.2. The fourth-order valence-electron chi connectivity index (χ4n) is 2.17. The molecule has 1 N–H and O–H groups in total. The molecule has 0 saturated carbocycles. The molecular formula is C19H22ClNO. The number of hydrogen-bond acceptors (Lipinski definition) is 2. The van der Waals surface area contributed by atoms with Crippen LogP contribution in [0.25, 0.3) is 0 Å². The number of Topliss-reactive ketones (excluding diaryl/α,β-unsaturated/α-hetero) is 1. The lowest BCUT2D eigenvalue weighted by atomic mass is 9.85. The Morgan fingerprint density at radius 3 is 2.18 bits per heavy atom. The van der Waals surface area contributed by atoms with Crippen molar-refractivity contribution in [1.29, 1.82) is 0 Å². The van der Waals surface area contributed by atoms with Gasteiger partial charge in [-0.05, 0) is 29.8 Å². The number of carbonyl (C=O) groups is 1. The number of ketones is 1. The largest absolute Gasteiger partial charge is 0.378 e. The number of hydrogen-bond donors (Lipinski definition) is 1. The van der Waals surface area contributed by atoms with Crippen LogP contribution in [0.1, 0.15) is 38.8 Å². The van der Waals surface area contributed by atoms with Crippen LogP contribution in [0.3, 0.4) is 0 Å². The van der Waals surface area contributed by atoms with Gasteiger partial charge in [0.15, 0.2) is 0 Å². The number of anilines is 1. The Bertz CT molecular complexity index is 614. The van der Waals surface area contributed by atoms with E-state index in [0.717, 1.165) is 11.3 Å². The lowest BCUT2D eigenvalue weighted by Gasteiger charge is -2.24. The zero-order valence-corrected chi connectivity index (χ0v) is 14.0. The first kappa shape index (κ1) is 16.6. The van der Waals surface area contributed by atoms with Crippen molar-refractivity contribution in [2.75, 3.05) is 5.32 Å². The molecule has 0 aliphatic heterocycles. The third-order valence-electron chi connectivity index (χ3n) is 3.61. The van der Waals surface area contributed by atoms with Gasteiger partial charge in [-0.2, -0.15) is 0 Å². The monoisotopic (exact) mass is 315 g/mol. The van der Waals surface area contributed by atoms with E-state index in [1.165, 1.54) is 0 Å². The molecule has 0 heterocycles. The van der Waals surface area contributed by atoms with Crippen molar-refractivity contribution >= 4 is 23.1 Å². The van der Waals surface area contributed by atoms with Gasteiger partial charge in [0.25, 0.3) is 0 Å². The van der Waals surface area contributed by atoms with Crippen LogP contribution < -0.4 is 5.32 Å². The average molecular weight is 316 g/mol. The highest BCUT2D eigenvalue weighted by Crippen LogP contribution is 2.28. The fourth-order valence-corrected chi connectivity index (χ4v) is 2.30. The number of halogens is 1. The third kappa shape index (κ3) is 4.60. The molecule has 22 heavy (non-hydrogen) atoms. The number of para-hydroxylation sites is 1. The predicted octanol–water partition coefficient (Wildman–Crippen LogP) is 5.50. The van der Waals surface area contributed by atoms with Crippen LogP contribution >= 0.6 is 11.6 Å². The van der Waals surface area contributed by atoms with Gasteiger partial charge in [-0.15, -0.1) is 0 Å². The predicted molar refractivity (Wildman–Crippen MR) is 93.3 cm³/mol. The van der Waals surface area contributed by atoms with E-state index in [9.17, 15) is 4.79 Å². The summed E-state index contributed by atoms with van der Waals surface area (Å²) in [5, 5.41) is 4.15. The number of carbonyl (C=O) groups excluding carboxylic acids is 1. The second-order valence-corrected chi connectivity index (χ2v) is 6.93. The summed E-state index contributed by atoms with van der Waals surface area (Å²) < 4.78 is 0. The Hall–Kier alpha value is -1.80. The van der Waals surface area contributed by atoms with Crippen LogP contribution in [0.5, 0.6) is 0 Å². The van der Waals surface area contributed by atoms with Crippen LogP contribution in [0.15, 0.2) is 54.6 Å². The Balaban J connectivity index is 2.24. The van der Waals surface area contributed by atoms with Crippen molar-refractivity contribution in [2.24, 2.45) is 5.41 Å². The number of benzene rings is 2. The Kier molecular flexibility index (Phi) is 5.25. The zero-order valence-electron chi connectivity index (χ0n) is 13.3. The minimum Gasteiger partial charge on any atom is -0.378 e. The summed E-state index contributed by atoms with van der Waals surface area (Å²) in [6, 6.07) is 17.5. The smallest absolute Gasteiger partial charge is 0.140 e. The minimum atomic E-state index is -0.344. The van der Waals surface area contributed by atoms with Crippen LogP contribution in [0.4, 0.5) is 5.69 Å². The van der Waals surface area contributed by atoms with Crippen LogP contribution in [-0.2, 0) is 4.79 Å². The summed E-state index contributed by atoms with van der Waals surface area (Å²) in [6.45, 7) is 5.87. The van der Waals surface area contributed by atoms with E-state index in [1.807, 2.05) is 75.4 Å². The van der Waals surface area contributed by atoms with Gasteiger partial charge in [0.05, 0.1) is 6.04 Å². The maximum atomic E-state index is 12.4. The summed E-state index contributed by atoms with van der Waals surface area (Å²) >= 11 is 5.97. The van der Waals surface area contributed by atoms with E-state index in [4.69, 9.17) is 11.6 Å². The normalized spacial score (nSPS) is 12.7. The van der Waals surface area contributed by atoms with Crippen molar-refractivity contribution in [2.45, 2.75) is 33.2 Å². The van der Waals surface area contributed by atoms with Gasteiger partial charge >= 0.3 is 0 Å². The summed E-state index contributed by atoms with van der Waals surface area (Å²) in [5.41, 5.74) is 1.72. The first-order valence-electron chi connectivity index (χ1n) is 7.46. The lowest BCUT2D eigenvalue weighted by Crippen LogP contribution is -2.25. The molecule has 0 amide bonds. The fraction of sp³-hybridized carbons (Fsp3) is 0.316. The molecule has 116 valence electrons. The van der Waals surface area contributed by atoms with E-state index in [-0.39, 0.29) is 17.2 Å². The van der Waals surface area contributed by atoms with Gasteiger partial charge in [0, 0.05) is 22.5 Å². The van der Waals surface area contributed by atoms with E-state index in [2.05, 4.69) is 5.32 Å². The average Bonchev–Trinajstić information content (AvgIpc) is 2.47. The summed E-state index contributed by atoms with van der Waals surface area (Å²) in [7, 11) is 0. The van der Waals surface area contributed by atoms with Gasteiger partial charge < -0.3 is 5.32 Å². The van der Waals surface area contributed by atoms with Gasteiger partial charge in [-0.3, -0.25) is 4.79 Å². The SMILES string of the molecule is CC(C)(C)C(=O)C[C@H](Nc1ccccc1)c1ccc(Cl)cc1. The van der Waals surface area contributed by atoms with Crippen LogP contribution in [0.2, 0.25) is 5.02 Å². The molecule has 0 fully saturated rings. The second-order valence-electron chi connectivity index (χ2n) is 6.49. The van der Waals surface area contributed by atoms with Gasteiger partial charge in [-0.25, -0.2) is 0 Å². The first-order valence-corrected chi connectivity index (χ1v) is 7.84. The molecule has 2 aromatic carbocycles. The highest BCUT2D eigenvalue weighted by Gasteiger charge is 2.25. The summed E-state index contributed by atoms with van der Waals surface area (Å²) in [4.78, 5) is 12.4. The molecule has 3 heteroatoms. The highest BCUT2D eigenvalue weighted by molar-refractivity contribution is 6.30. The van der Waals surface area contributed by atoms with E-state index >= 15 is 0 Å². The van der Waals surface area contributed by atoms with Crippen LogP contribution in [0, 0.1) is 5.41 Å². The van der Waals surface area contributed by atoms with Gasteiger partial charge in [-0.1, -0.05) is 62.7 Å². The molecule has 0 saturated heterocycles. The maximum Gasteiger partial charge on any atom is 0.140 e. The van der Waals surface area contributed by atoms with E-state index in [1.54, 1.807) is 0 Å². The number of rotatable bonds is 5. The molecule has 0 unspecified atom stereocenters. The minimum absolute atomic E-state index is 0.0635. The van der Waals surface area contributed by atoms with E-state index < -0.39 is 0 Å². The van der Waals surface area contributed by atoms with Gasteiger partial charge in [0.2, 0.25) is 0 Å². The topological polar surface area (TPSA) is 29.1 Å². The molecule has 1 atom stereocenters. The maximum absolute atomic E-state index is 12.4. The number of nitrogens with one attached hydrogen (secondary N) is 1. The van der Waals surface area contributed by atoms with E-state index in [0.29, 0.717) is 11.4 Å². The lowest BCUT2D eigenvalue weighted by molar-refractivity contribution is -0.126. The quantitative estimate of drug-likeness (QED) is 0.789. The third-order valence-corrected chi connectivity index (χ3v) is 3.87. The van der Waals surface area contributed by atoms with Crippen molar-refractivity contribution in [3.63, 3.8) is 0 Å². The molecule has 0 bridgehead atoms. The molecule has 2 aromatic rings. The molecule has 2 nitrogen and oxygen atoms in total. The van der Waals surface area contributed by atoms with Gasteiger partial charge in [0.1, 0.15) is 5.78 Å². The molecule has 0 aliphatic rings. The highest BCUT2D eigenvalue weighted by atomic mass is 35.5. The van der Waals surface area contributed by atoms with Crippen LogP contribution in [-0.4, -0.2) is 5.78 Å². The van der Waals surface area contributed by atoms with Crippen molar-refractivity contribution in [3.05, 3.63) is 65.2 Å². The molecule has 0 aliphatic carbocycles. The molecule has 0 aromatic heterocycles. The van der Waals surface area contributed by atoms with Crippen molar-refractivity contribution in [3.8, 4) is 0 Å². The first-order chi connectivity index (χ1) is 10.4. The second kappa shape index (κ2) is 6.97. The summed E-state index contributed by atoms with van der Waals surface area (Å²) in [6.07, 6.45) is 0.444. The standard InChI is InChI=1S/C19H22ClNO/c1-19(2,3)18(22)13-17(14-9-11-15(20)12-10-14)21-16-7-5-4-6-8-16/h4-12,17,21H,13H2,1-3H3/t17-/m0/s1. The summed E-state index contributed by atoms with van der Waals surface area (Å²) in [5.74, 6) is 0.232.